The molecule has 1 unspecified atom stereocenters. The number of nitrogens with one attached hydrogen (secondary N) is 1. The lowest BCUT2D eigenvalue weighted by Crippen LogP contribution is -2.27. The molecule has 0 aliphatic rings. The van der Waals surface area contributed by atoms with E-state index in [4.69, 9.17) is 17.5 Å². The van der Waals surface area contributed by atoms with E-state index in [9.17, 15) is 13.6 Å². The van der Waals surface area contributed by atoms with Crippen molar-refractivity contribution in [3.05, 3.63) is 42.5 Å². The topological polar surface area (TPSA) is 52.9 Å². The van der Waals surface area contributed by atoms with Crippen LogP contribution in [0.25, 0.3) is 0 Å². The Morgan fingerprint density at radius 2 is 2.26 bits per heavy atom. The third-order valence-electron chi connectivity index (χ3n) is 2.25. The van der Waals surface area contributed by atoms with Crippen LogP contribution < -0.4 is 5.32 Å². The largest absolute Gasteiger partial charge is 0.346 e. The third-order valence-corrected chi connectivity index (χ3v) is 2.59. The molecule has 98 valence electrons. The Balaban J connectivity index is 2.86. The van der Waals surface area contributed by atoms with Crippen molar-refractivity contribution in [1.82, 2.24) is 0 Å². The van der Waals surface area contributed by atoms with Gasteiger partial charge in [0.15, 0.2) is 11.7 Å². The number of hydrogen-bond acceptors (Lipinski definition) is 3. The maximum atomic E-state index is 13.4. The molecule has 0 aromatic heterocycles. The lowest BCUT2D eigenvalue weighted by Gasteiger charge is -2.12. The molecule has 0 aliphatic carbocycles. The quantitative estimate of drug-likeness (QED) is 0.665. The second-order valence-electron chi connectivity index (χ2n) is 3.63. The van der Waals surface area contributed by atoms with Crippen LogP contribution >= 0.6 is 12.2 Å². The van der Waals surface area contributed by atoms with Gasteiger partial charge in [-0.05, 0) is 12.1 Å². The van der Waals surface area contributed by atoms with Gasteiger partial charge in [0.1, 0.15) is 16.6 Å². The van der Waals surface area contributed by atoms with Gasteiger partial charge in [-0.1, -0.05) is 18.3 Å². The van der Waals surface area contributed by atoms with Crippen molar-refractivity contribution < 1.29 is 13.6 Å². The maximum Gasteiger partial charge on any atom is 0.160 e. The maximum absolute atomic E-state index is 13.4. The van der Waals surface area contributed by atoms with E-state index in [0.29, 0.717) is 6.07 Å². The number of halogens is 2. The van der Waals surface area contributed by atoms with Gasteiger partial charge < -0.3 is 5.32 Å². The Morgan fingerprint density at radius 1 is 1.58 bits per heavy atom. The van der Waals surface area contributed by atoms with E-state index < -0.39 is 23.3 Å². The number of allylic oxidation sites excluding steroid dienone is 1. The van der Waals surface area contributed by atoms with Crippen LogP contribution in [-0.4, -0.2) is 10.8 Å². The molecule has 1 aromatic rings. The molecule has 3 nitrogen and oxygen atoms in total. The molecular weight excluding hydrogens is 270 g/mol. The first-order valence-corrected chi connectivity index (χ1v) is 5.69. The first-order valence-electron chi connectivity index (χ1n) is 5.28. The molecule has 0 bridgehead atoms. The molecule has 0 radical (unpaired) electrons. The van der Waals surface area contributed by atoms with Crippen LogP contribution in [0.5, 0.6) is 0 Å². The normalized spacial score (nSPS) is 11.2. The summed E-state index contributed by atoms with van der Waals surface area (Å²) < 4.78 is 26.1. The number of thiocarbonyl (C=S) groups is 1. The van der Waals surface area contributed by atoms with Crippen molar-refractivity contribution in [1.29, 1.82) is 5.26 Å². The molecule has 1 rings (SSSR count). The molecule has 0 saturated heterocycles. The SMILES string of the molecule is C=CCC(=O)C(C#N)C(=S)Nc1ccc(F)cc1F. The van der Waals surface area contributed by atoms with E-state index in [2.05, 4.69) is 11.9 Å². The fourth-order valence-electron chi connectivity index (χ4n) is 1.33. The van der Waals surface area contributed by atoms with Gasteiger partial charge in [-0.25, -0.2) is 8.78 Å². The minimum absolute atomic E-state index is 0.00799. The highest BCUT2D eigenvalue weighted by atomic mass is 32.1. The average molecular weight is 280 g/mol. The molecule has 6 heteroatoms. The smallest absolute Gasteiger partial charge is 0.160 e. The van der Waals surface area contributed by atoms with Crippen LogP contribution in [0.1, 0.15) is 6.42 Å². The molecule has 0 spiro atoms. The highest BCUT2D eigenvalue weighted by molar-refractivity contribution is 7.80. The van der Waals surface area contributed by atoms with Gasteiger partial charge in [0, 0.05) is 12.5 Å². The fraction of sp³-hybridized carbons (Fsp3) is 0.154. The summed E-state index contributed by atoms with van der Waals surface area (Å²) in [7, 11) is 0. The molecule has 0 amide bonds. The number of nitrogens with zero attached hydrogens (tertiary/aromatic N) is 1. The number of hydrogen-bond donors (Lipinski definition) is 1. The van der Waals surface area contributed by atoms with E-state index in [1.165, 1.54) is 6.08 Å². The number of anilines is 1. The summed E-state index contributed by atoms with van der Waals surface area (Å²) in [5.41, 5.74) is -0.0851. The van der Waals surface area contributed by atoms with Gasteiger partial charge in [-0.3, -0.25) is 4.79 Å². The first-order chi connectivity index (χ1) is 8.99. The number of benzene rings is 1. The Labute approximate surface area is 114 Å². The third kappa shape index (κ3) is 3.93. The first kappa shape index (κ1) is 14.9. The van der Waals surface area contributed by atoms with E-state index in [-0.39, 0.29) is 17.1 Å². The van der Waals surface area contributed by atoms with Crippen LogP contribution in [0.3, 0.4) is 0 Å². The highest BCUT2D eigenvalue weighted by Gasteiger charge is 2.22. The molecular formula is C13H10F2N2OS. The predicted molar refractivity (Wildman–Crippen MR) is 71.5 cm³/mol. The standard InChI is InChI=1S/C13H10F2N2OS/c1-2-3-12(18)9(7-16)13(19)17-11-5-4-8(14)6-10(11)15/h2,4-6,9H,1,3H2,(H,17,19). The van der Waals surface area contributed by atoms with Crippen molar-refractivity contribution in [2.45, 2.75) is 6.42 Å². The zero-order valence-corrected chi connectivity index (χ0v) is 10.6. The predicted octanol–water partition coefficient (Wildman–Crippen LogP) is 2.99. The second-order valence-corrected chi connectivity index (χ2v) is 4.07. The highest BCUT2D eigenvalue weighted by Crippen LogP contribution is 2.17. The van der Waals surface area contributed by atoms with Gasteiger partial charge in [-0.2, -0.15) is 5.26 Å². The Kier molecular flexibility index (Phi) is 5.27. The van der Waals surface area contributed by atoms with Gasteiger partial charge in [0.2, 0.25) is 0 Å². The average Bonchev–Trinajstić information content (AvgIpc) is 2.34. The van der Waals surface area contributed by atoms with Crippen molar-refractivity contribution in [2.75, 3.05) is 5.32 Å². The van der Waals surface area contributed by atoms with E-state index in [1.54, 1.807) is 6.07 Å². The Morgan fingerprint density at radius 3 is 2.79 bits per heavy atom. The number of Topliss-reactive ketones (excluding diaryl/α,β-unsaturated/α-hetero) is 1. The second kappa shape index (κ2) is 6.71. The summed E-state index contributed by atoms with van der Waals surface area (Å²) in [5.74, 6) is -3.20. The van der Waals surface area contributed by atoms with Crippen LogP contribution in [0.15, 0.2) is 30.9 Å². The number of nitriles is 1. The fourth-order valence-corrected chi connectivity index (χ4v) is 1.63. The van der Waals surface area contributed by atoms with Crippen LogP contribution in [0.4, 0.5) is 14.5 Å². The minimum atomic E-state index is -1.18. The van der Waals surface area contributed by atoms with Crippen molar-refractivity contribution >= 4 is 28.7 Å². The zero-order chi connectivity index (χ0) is 14.4. The van der Waals surface area contributed by atoms with Crippen LogP contribution in [0.2, 0.25) is 0 Å². The molecule has 0 heterocycles. The van der Waals surface area contributed by atoms with Crippen molar-refractivity contribution in [3.63, 3.8) is 0 Å². The molecule has 1 aromatic carbocycles. The monoisotopic (exact) mass is 280 g/mol. The Hall–Kier alpha value is -2.13. The number of carbonyl (C=O) groups is 1. The van der Waals surface area contributed by atoms with Gasteiger partial charge >= 0.3 is 0 Å². The lowest BCUT2D eigenvalue weighted by atomic mass is 10.0. The number of carbonyl (C=O) groups excluding carboxylic acids is 1. The molecule has 0 aliphatic heterocycles. The van der Waals surface area contributed by atoms with Crippen LogP contribution in [-0.2, 0) is 4.79 Å². The molecule has 19 heavy (non-hydrogen) atoms. The van der Waals surface area contributed by atoms with Gasteiger partial charge in [0.25, 0.3) is 0 Å². The molecule has 0 saturated carbocycles. The van der Waals surface area contributed by atoms with E-state index in [1.807, 2.05) is 0 Å². The summed E-state index contributed by atoms with van der Waals surface area (Å²) >= 11 is 4.89. The zero-order valence-electron chi connectivity index (χ0n) is 9.82. The van der Waals surface area contributed by atoms with E-state index in [0.717, 1.165) is 12.1 Å². The summed E-state index contributed by atoms with van der Waals surface area (Å²) in [5, 5.41) is 11.3. The van der Waals surface area contributed by atoms with Gasteiger partial charge in [-0.15, -0.1) is 6.58 Å². The Bertz CT molecular complexity index is 566. The summed E-state index contributed by atoms with van der Waals surface area (Å²) in [6.07, 6.45) is 1.35. The van der Waals surface area contributed by atoms with Crippen molar-refractivity contribution in [3.8, 4) is 6.07 Å². The lowest BCUT2D eigenvalue weighted by molar-refractivity contribution is -0.118. The van der Waals surface area contributed by atoms with Gasteiger partial charge in [0.05, 0.1) is 11.8 Å². The number of ketones is 1. The summed E-state index contributed by atoms with van der Waals surface area (Å²) in [6, 6.07) is 4.60. The van der Waals surface area contributed by atoms with Crippen molar-refractivity contribution in [2.24, 2.45) is 5.92 Å². The summed E-state index contributed by atoms with van der Waals surface area (Å²) in [6.45, 7) is 3.39. The summed E-state index contributed by atoms with van der Waals surface area (Å²) in [4.78, 5) is 11.4. The van der Waals surface area contributed by atoms with Crippen LogP contribution in [0, 0.1) is 28.9 Å². The number of rotatable bonds is 5. The molecule has 0 fully saturated rings. The van der Waals surface area contributed by atoms with E-state index >= 15 is 0 Å². The molecule has 1 atom stereocenters. The minimum Gasteiger partial charge on any atom is -0.346 e. The molecule has 1 N–H and O–H groups in total.